The number of ether oxygens (including phenoxy) is 2. The normalized spacial score (nSPS) is 33.8. The molecule has 36 heavy (non-hydrogen) atoms. The predicted molar refractivity (Wildman–Crippen MR) is 148 cm³/mol. The first-order valence-corrected chi connectivity index (χ1v) is 14.9. The largest absolute Gasteiger partial charge is 0.371 e. The van der Waals surface area contributed by atoms with Crippen molar-refractivity contribution in [1.29, 1.82) is 0 Å². The number of nitrogens with zero attached hydrogens (tertiary/aromatic N) is 4. The SMILES string of the molecule is CC.CC.CCN1CC2(CC(N3CCC(C)(C)C3)CO2)C1.CN1CC2(C1)OCCC2N1CC(C)(F)C1. The van der Waals surface area contributed by atoms with E-state index in [-0.39, 0.29) is 11.2 Å². The molecule has 0 amide bonds. The van der Waals surface area contributed by atoms with Crippen molar-refractivity contribution in [2.24, 2.45) is 5.41 Å². The third-order valence-corrected chi connectivity index (χ3v) is 8.85. The smallest absolute Gasteiger partial charge is 0.133 e. The molecule has 7 heteroatoms. The van der Waals surface area contributed by atoms with Gasteiger partial charge in [-0.3, -0.25) is 14.7 Å². The third kappa shape index (κ3) is 6.45. The zero-order chi connectivity index (χ0) is 26.8. The van der Waals surface area contributed by atoms with Gasteiger partial charge in [0.1, 0.15) is 11.3 Å². The highest BCUT2D eigenvalue weighted by Gasteiger charge is 2.57. The summed E-state index contributed by atoms with van der Waals surface area (Å²) >= 11 is 0. The Morgan fingerprint density at radius 3 is 2.00 bits per heavy atom. The van der Waals surface area contributed by atoms with Gasteiger partial charge < -0.3 is 14.4 Å². The highest BCUT2D eigenvalue weighted by Crippen LogP contribution is 2.42. The summed E-state index contributed by atoms with van der Waals surface area (Å²) in [6, 6.07) is 1.15. The highest BCUT2D eigenvalue weighted by atomic mass is 19.1. The summed E-state index contributed by atoms with van der Waals surface area (Å²) in [5, 5.41) is 0. The van der Waals surface area contributed by atoms with E-state index in [1.807, 2.05) is 27.7 Å². The molecule has 6 saturated heterocycles. The van der Waals surface area contributed by atoms with Crippen LogP contribution in [0.15, 0.2) is 0 Å². The van der Waals surface area contributed by atoms with Crippen LogP contribution in [0.4, 0.5) is 4.39 Å². The van der Waals surface area contributed by atoms with Crippen molar-refractivity contribution in [3.8, 4) is 0 Å². The number of halogens is 1. The van der Waals surface area contributed by atoms with Crippen LogP contribution < -0.4 is 0 Å². The van der Waals surface area contributed by atoms with Crippen LogP contribution in [0, 0.1) is 5.41 Å². The fraction of sp³-hybridized carbons (Fsp3) is 1.00. The molecule has 0 N–H and O–H groups in total. The first-order chi connectivity index (χ1) is 17.0. The number of hydrogen-bond donors (Lipinski definition) is 0. The van der Waals surface area contributed by atoms with E-state index < -0.39 is 5.67 Å². The zero-order valence-electron chi connectivity index (χ0n) is 25.0. The number of likely N-dealkylation sites (tertiary alicyclic amines) is 4. The van der Waals surface area contributed by atoms with Gasteiger partial charge in [0.2, 0.25) is 0 Å². The number of likely N-dealkylation sites (N-methyl/N-ethyl adjacent to an activating group) is 2. The van der Waals surface area contributed by atoms with E-state index >= 15 is 0 Å². The van der Waals surface area contributed by atoms with E-state index in [9.17, 15) is 4.39 Å². The van der Waals surface area contributed by atoms with Crippen molar-refractivity contribution < 1.29 is 13.9 Å². The quantitative estimate of drug-likeness (QED) is 0.565. The van der Waals surface area contributed by atoms with E-state index in [0.29, 0.717) is 30.6 Å². The Morgan fingerprint density at radius 2 is 1.50 bits per heavy atom. The van der Waals surface area contributed by atoms with Crippen molar-refractivity contribution in [3.05, 3.63) is 0 Å². The Labute approximate surface area is 221 Å². The molecular formula is C29H57FN4O2. The van der Waals surface area contributed by atoms with Crippen LogP contribution in [0.1, 0.15) is 74.7 Å². The van der Waals surface area contributed by atoms with Gasteiger partial charge in [-0.15, -0.1) is 0 Å². The molecule has 6 fully saturated rings. The molecule has 0 aromatic rings. The minimum atomic E-state index is -0.959. The first-order valence-electron chi connectivity index (χ1n) is 14.9. The molecule has 2 spiro atoms. The lowest BCUT2D eigenvalue weighted by Crippen LogP contribution is -2.73. The third-order valence-electron chi connectivity index (χ3n) is 8.85. The number of rotatable bonds is 3. The summed E-state index contributed by atoms with van der Waals surface area (Å²) in [7, 11) is 2.11. The van der Waals surface area contributed by atoms with E-state index in [1.165, 1.54) is 32.5 Å². The van der Waals surface area contributed by atoms with Gasteiger partial charge in [-0.25, -0.2) is 4.39 Å². The van der Waals surface area contributed by atoms with Gasteiger partial charge in [0.15, 0.2) is 0 Å². The molecule has 6 aliphatic rings. The van der Waals surface area contributed by atoms with Crippen LogP contribution in [-0.2, 0) is 9.47 Å². The second-order valence-electron chi connectivity index (χ2n) is 12.7. The van der Waals surface area contributed by atoms with Crippen LogP contribution >= 0.6 is 0 Å². The molecule has 6 heterocycles. The second kappa shape index (κ2) is 11.8. The van der Waals surface area contributed by atoms with Crippen molar-refractivity contribution in [2.45, 2.75) is 104 Å². The van der Waals surface area contributed by atoms with Crippen molar-refractivity contribution >= 4 is 0 Å². The molecule has 2 unspecified atom stereocenters. The Kier molecular flexibility index (Phi) is 9.94. The van der Waals surface area contributed by atoms with E-state index in [1.54, 1.807) is 6.92 Å². The molecule has 0 bridgehead atoms. The maximum atomic E-state index is 13.5. The van der Waals surface area contributed by atoms with Crippen LogP contribution in [0.2, 0.25) is 0 Å². The minimum absolute atomic E-state index is 0.0330. The van der Waals surface area contributed by atoms with E-state index in [2.05, 4.69) is 47.4 Å². The summed E-state index contributed by atoms with van der Waals surface area (Å²) in [6.07, 6.45) is 3.68. The van der Waals surface area contributed by atoms with Gasteiger partial charge in [-0.1, -0.05) is 48.5 Å². The molecule has 6 rings (SSSR count). The van der Waals surface area contributed by atoms with Crippen LogP contribution in [0.5, 0.6) is 0 Å². The highest BCUT2D eigenvalue weighted by molar-refractivity contribution is 5.11. The van der Waals surface area contributed by atoms with E-state index in [0.717, 1.165) is 45.8 Å². The van der Waals surface area contributed by atoms with Crippen LogP contribution in [0.3, 0.4) is 0 Å². The average molecular weight is 513 g/mol. The Hall–Kier alpha value is -0.310. The zero-order valence-corrected chi connectivity index (χ0v) is 25.0. The lowest BCUT2D eigenvalue weighted by molar-refractivity contribution is -0.157. The molecular weight excluding hydrogens is 455 g/mol. The Morgan fingerprint density at radius 1 is 0.861 bits per heavy atom. The lowest BCUT2D eigenvalue weighted by atomic mass is 9.82. The topological polar surface area (TPSA) is 31.4 Å². The number of alkyl halides is 1. The monoisotopic (exact) mass is 512 g/mol. The molecule has 0 aliphatic carbocycles. The summed E-state index contributed by atoms with van der Waals surface area (Å²) in [4.78, 5) is 9.69. The van der Waals surface area contributed by atoms with Crippen LogP contribution in [0.25, 0.3) is 0 Å². The maximum Gasteiger partial charge on any atom is 0.133 e. The molecule has 6 nitrogen and oxygen atoms in total. The van der Waals surface area contributed by atoms with Gasteiger partial charge >= 0.3 is 0 Å². The summed E-state index contributed by atoms with van der Waals surface area (Å²) < 4.78 is 25.5. The fourth-order valence-corrected chi connectivity index (χ4v) is 7.17. The number of hydrogen-bond acceptors (Lipinski definition) is 6. The molecule has 0 saturated carbocycles. The van der Waals surface area contributed by atoms with E-state index in [4.69, 9.17) is 9.47 Å². The van der Waals surface area contributed by atoms with Gasteiger partial charge in [-0.2, -0.15) is 0 Å². The standard InChI is InChI=1S/C14H26N2O.C11H19FN2O.2C2H6/c1-4-15-10-14(11-15)7-12(8-17-14)16-6-5-13(2,3)9-16;1-10(12)5-14(6-10)9-3-4-15-11(9)7-13(2)8-11;2*1-2/h12H,4-11H2,1-3H3;9H,3-8H2,1-2H3;2*1-2H3. The molecule has 0 radical (unpaired) electrons. The van der Waals surface area contributed by atoms with Gasteiger partial charge in [-0.05, 0) is 51.7 Å². The van der Waals surface area contributed by atoms with Crippen molar-refractivity contribution in [1.82, 2.24) is 19.6 Å². The lowest BCUT2D eigenvalue weighted by Gasteiger charge is -2.55. The summed E-state index contributed by atoms with van der Waals surface area (Å²) in [5.74, 6) is 0. The molecule has 0 aromatic carbocycles. The van der Waals surface area contributed by atoms with Crippen molar-refractivity contribution in [2.75, 3.05) is 79.2 Å². The maximum absolute atomic E-state index is 13.5. The molecule has 212 valence electrons. The van der Waals surface area contributed by atoms with Gasteiger partial charge in [0, 0.05) is 64.5 Å². The fourth-order valence-electron chi connectivity index (χ4n) is 7.17. The Balaban J connectivity index is 0.000000177. The second-order valence-corrected chi connectivity index (χ2v) is 12.7. The predicted octanol–water partition coefficient (Wildman–Crippen LogP) is 4.14. The van der Waals surface area contributed by atoms with Gasteiger partial charge in [0.25, 0.3) is 0 Å². The molecule has 6 aliphatic heterocycles. The van der Waals surface area contributed by atoms with Crippen molar-refractivity contribution in [3.63, 3.8) is 0 Å². The first kappa shape index (κ1) is 30.2. The Bertz CT molecular complexity index is 683. The van der Waals surface area contributed by atoms with Crippen LogP contribution in [-0.4, -0.2) is 128 Å². The summed E-state index contributed by atoms with van der Waals surface area (Å²) in [6.45, 7) is 27.8. The average Bonchev–Trinajstić information content (AvgIpc) is 3.50. The molecule has 2 atom stereocenters. The minimum Gasteiger partial charge on any atom is -0.371 e. The molecule has 0 aromatic heterocycles. The summed E-state index contributed by atoms with van der Waals surface area (Å²) in [5.41, 5.74) is -0.178. The van der Waals surface area contributed by atoms with Gasteiger partial charge in [0.05, 0.1) is 12.2 Å².